The van der Waals surface area contributed by atoms with Crippen molar-refractivity contribution in [1.82, 2.24) is 0 Å². The molecule has 0 aromatic rings. The van der Waals surface area contributed by atoms with Crippen LogP contribution in [0.5, 0.6) is 0 Å². The molecule has 0 N–H and O–H groups in total. The van der Waals surface area contributed by atoms with Crippen LogP contribution >= 0.6 is 0 Å². The lowest BCUT2D eigenvalue weighted by atomic mass is 10.0. The third-order valence-electron chi connectivity index (χ3n) is 1.15. The van der Waals surface area contributed by atoms with E-state index in [-0.39, 0.29) is 6.42 Å². The smallest absolute Gasteiger partial charge is 0.299 e. The van der Waals surface area contributed by atoms with Crippen molar-refractivity contribution in [1.29, 1.82) is 5.26 Å². The van der Waals surface area contributed by atoms with E-state index in [9.17, 15) is 14.1 Å². The Morgan fingerprint density at radius 3 is 2.55 bits per heavy atom. The third-order valence-corrected chi connectivity index (χ3v) is 1.15. The summed E-state index contributed by atoms with van der Waals surface area (Å²) in [5, 5.41) is 8.10. The molecule has 0 aromatic heterocycles. The number of halogens is 1. The number of ketones is 1. The van der Waals surface area contributed by atoms with E-state index in [0.29, 0.717) is 0 Å². The van der Waals surface area contributed by atoms with Gasteiger partial charge in [-0.3, -0.25) is 9.74 Å². The summed E-state index contributed by atoms with van der Waals surface area (Å²) >= 11 is 0. The van der Waals surface area contributed by atoms with Gasteiger partial charge in [0.25, 0.3) is 0 Å². The maximum Gasteiger partial charge on any atom is 0.360 e. The van der Waals surface area contributed by atoms with Crippen molar-refractivity contribution < 1.29 is 19.1 Å². The summed E-state index contributed by atoms with van der Waals surface area (Å²) in [5.74, 6) is -3.17. The van der Waals surface area contributed by atoms with E-state index >= 15 is 0 Å². The van der Waals surface area contributed by atoms with Crippen molar-refractivity contribution in [2.75, 3.05) is 0 Å². The molecule has 0 amide bonds. The minimum absolute atomic E-state index is 0.349. The molecule has 0 heterocycles. The summed E-state index contributed by atoms with van der Waals surface area (Å²) < 4.78 is 11.2. The Morgan fingerprint density at radius 1 is 1.73 bits per heavy atom. The molecule has 0 aromatic carbocycles. The van der Waals surface area contributed by atoms with E-state index in [1.807, 2.05) is 0 Å². The monoisotopic (exact) mass is 159 g/mol. The summed E-state index contributed by atoms with van der Waals surface area (Å²) in [7, 11) is 0. The second kappa shape index (κ2) is 4.39. The Hall–Kier alpha value is -1.44. The Kier molecular flexibility index (Phi) is 3.81. The molecule has 60 valence electrons. The summed E-state index contributed by atoms with van der Waals surface area (Å²) in [6.07, 6.45) is -0.349. The van der Waals surface area contributed by atoms with Gasteiger partial charge in [-0.1, -0.05) is 0 Å². The zero-order valence-electron chi connectivity index (χ0n) is 5.83. The highest BCUT2D eigenvalue weighted by atomic mass is 19.3. The molecular weight excluding hydrogens is 153 g/mol. The second-order valence-electron chi connectivity index (χ2n) is 1.92. The molecule has 0 aliphatic rings. The fourth-order valence-corrected chi connectivity index (χ4v) is 0.538. The van der Waals surface area contributed by atoms with Gasteiger partial charge in [0.15, 0.2) is 0 Å². The van der Waals surface area contributed by atoms with Gasteiger partial charge in [-0.15, -0.1) is 0 Å². The zero-order valence-corrected chi connectivity index (χ0v) is 5.83. The van der Waals surface area contributed by atoms with Gasteiger partial charge in [0, 0.05) is 4.53 Å². The lowest BCUT2D eigenvalue weighted by molar-refractivity contribution is -0.189. The van der Waals surface area contributed by atoms with Gasteiger partial charge >= 0.3 is 5.97 Å². The van der Waals surface area contributed by atoms with Crippen molar-refractivity contribution in [3.05, 3.63) is 0 Å². The Bertz CT molecular complexity index is 208. The van der Waals surface area contributed by atoms with Gasteiger partial charge in [0.2, 0.25) is 0 Å². The first-order valence-corrected chi connectivity index (χ1v) is 2.83. The summed E-state index contributed by atoms with van der Waals surface area (Å²) in [4.78, 5) is 23.7. The molecule has 11 heavy (non-hydrogen) atoms. The Labute approximate surface area is 62.5 Å². The number of carbonyl (C=O) groups excluding carboxylic acids is 2. The average Bonchev–Trinajstić information content (AvgIpc) is 1.98. The van der Waals surface area contributed by atoms with Crippen molar-refractivity contribution in [3.63, 3.8) is 0 Å². The van der Waals surface area contributed by atoms with Gasteiger partial charge in [0.05, 0.1) is 12.5 Å². The lowest BCUT2D eigenvalue weighted by Crippen LogP contribution is -2.21. The van der Waals surface area contributed by atoms with Crippen LogP contribution in [0.2, 0.25) is 0 Å². The normalized spacial score (nSPS) is 11.4. The first kappa shape index (κ1) is 9.56. The van der Waals surface area contributed by atoms with Crippen molar-refractivity contribution >= 4 is 11.8 Å². The number of hydrogen-bond acceptors (Lipinski definition) is 4. The van der Waals surface area contributed by atoms with Gasteiger partial charge in [-0.25, -0.2) is 4.79 Å². The molecule has 1 atom stereocenters. The first-order chi connectivity index (χ1) is 5.13. The molecule has 0 aliphatic heterocycles. The van der Waals surface area contributed by atoms with Crippen LogP contribution in [-0.4, -0.2) is 11.8 Å². The van der Waals surface area contributed by atoms with Gasteiger partial charge in [-0.2, -0.15) is 5.26 Å². The molecule has 5 heteroatoms. The molecule has 0 bridgehead atoms. The van der Waals surface area contributed by atoms with Crippen molar-refractivity contribution in [2.24, 2.45) is 5.92 Å². The van der Waals surface area contributed by atoms with Crippen LogP contribution in [0.25, 0.3) is 0 Å². The molecule has 0 rings (SSSR count). The van der Waals surface area contributed by atoms with Gasteiger partial charge in [0.1, 0.15) is 11.7 Å². The van der Waals surface area contributed by atoms with E-state index in [1.165, 1.54) is 0 Å². The molecule has 0 fully saturated rings. The van der Waals surface area contributed by atoms with Crippen LogP contribution in [0.1, 0.15) is 13.3 Å². The van der Waals surface area contributed by atoms with E-state index in [1.54, 1.807) is 6.07 Å². The highest BCUT2D eigenvalue weighted by molar-refractivity contribution is 5.97. The standard InChI is InChI=1S/C6H6FNO3/c1-4(9)5(2-3-8)6(10)11-7/h5H,2H2,1H3. The highest BCUT2D eigenvalue weighted by Crippen LogP contribution is 2.06. The fraction of sp³-hybridized carbons (Fsp3) is 0.500. The number of hydrogen-bond donors (Lipinski definition) is 0. The first-order valence-electron chi connectivity index (χ1n) is 2.83. The van der Waals surface area contributed by atoms with Gasteiger partial charge < -0.3 is 0 Å². The van der Waals surface area contributed by atoms with E-state index in [4.69, 9.17) is 5.26 Å². The fourth-order valence-electron chi connectivity index (χ4n) is 0.538. The summed E-state index contributed by atoms with van der Waals surface area (Å²) in [5.41, 5.74) is 0. The topological polar surface area (TPSA) is 67.2 Å². The van der Waals surface area contributed by atoms with Crippen molar-refractivity contribution in [3.8, 4) is 6.07 Å². The number of nitrogens with zero attached hydrogens (tertiary/aromatic N) is 1. The predicted octanol–water partition coefficient (Wildman–Crippen LogP) is 0.533. The summed E-state index contributed by atoms with van der Waals surface area (Å²) in [6.45, 7) is 1.10. The molecule has 0 aliphatic carbocycles. The SMILES string of the molecule is CC(=O)C(CC#N)C(=O)OF. The van der Waals surface area contributed by atoms with Crippen LogP contribution in [0.15, 0.2) is 0 Å². The molecule has 1 unspecified atom stereocenters. The van der Waals surface area contributed by atoms with Crippen LogP contribution in [0, 0.1) is 17.2 Å². The number of Topliss-reactive ketones (excluding diaryl/α,β-unsaturated/α-hetero) is 1. The summed E-state index contributed by atoms with van der Waals surface area (Å²) in [6, 6.07) is 1.58. The number of nitriles is 1. The third kappa shape index (κ3) is 2.76. The van der Waals surface area contributed by atoms with E-state index < -0.39 is 17.7 Å². The van der Waals surface area contributed by atoms with Crippen molar-refractivity contribution in [2.45, 2.75) is 13.3 Å². The van der Waals surface area contributed by atoms with E-state index in [0.717, 1.165) is 6.92 Å². The van der Waals surface area contributed by atoms with Gasteiger partial charge in [-0.05, 0) is 6.92 Å². The Balaban J connectivity index is 4.24. The highest BCUT2D eigenvalue weighted by Gasteiger charge is 2.25. The average molecular weight is 159 g/mol. The maximum atomic E-state index is 11.2. The number of carbonyl (C=O) groups is 2. The van der Waals surface area contributed by atoms with Crippen LogP contribution in [-0.2, 0) is 14.5 Å². The van der Waals surface area contributed by atoms with E-state index in [2.05, 4.69) is 4.94 Å². The predicted molar refractivity (Wildman–Crippen MR) is 31.6 cm³/mol. The molecule has 0 saturated heterocycles. The number of rotatable bonds is 3. The molecular formula is C6H6FNO3. The van der Waals surface area contributed by atoms with Crippen LogP contribution < -0.4 is 0 Å². The maximum absolute atomic E-state index is 11.2. The minimum Gasteiger partial charge on any atom is -0.299 e. The quantitative estimate of drug-likeness (QED) is 0.563. The molecule has 0 radical (unpaired) electrons. The second-order valence-corrected chi connectivity index (χ2v) is 1.92. The molecule has 4 nitrogen and oxygen atoms in total. The minimum atomic E-state index is -1.31. The lowest BCUT2D eigenvalue weighted by Gasteiger charge is -2.01. The van der Waals surface area contributed by atoms with Crippen LogP contribution in [0.3, 0.4) is 0 Å². The largest absolute Gasteiger partial charge is 0.360 e. The molecule has 0 saturated carbocycles. The molecule has 0 spiro atoms. The Morgan fingerprint density at radius 2 is 2.27 bits per heavy atom. The zero-order chi connectivity index (χ0) is 8.85. The van der Waals surface area contributed by atoms with Crippen LogP contribution in [0.4, 0.5) is 4.53 Å².